The third-order valence-electron chi connectivity index (χ3n) is 5.79. The molecule has 1 aliphatic heterocycles. The summed E-state index contributed by atoms with van der Waals surface area (Å²) in [5.41, 5.74) is 3.52. The minimum atomic E-state index is 0. The average molecular weight is 537 g/mol. The van der Waals surface area contributed by atoms with Gasteiger partial charge in [-0.15, -0.1) is 24.0 Å². The average Bonchev–Trinajstić information content (AvgIpc) is 2.79. The summed E-state index contributed by atoms with van der Waals surface area (Å²) in [6, 6.07) is 16.4. The number of hydrogen-bond donors (Lipinski definition) is 2. The van der Waals surface area contributed by atoms with E-state index in [2.05, 4.69) is 63.1 Å². The molecule has 31 heavy (non-hydrogen) atoms. The number of anilines is 1. The fraction of sp³-hybridized carbons (Fsp3) is 0.458. The lowest BCUT2D eigenvalue weighted by molar-refractivity contribution is 0.296. The molecule has 0 unspecified atom stereocenters. The second-order valence-corrected chi connectivity index (χ2v) is 7.64. The number of hydrogen-bond acceptors (Lipinski definition) is 4. The lowest BCUT2D eigenvalue weighted by Crippen LogP contribution is -2.52. The molecule has 1 fully saturated rings. The molecule has 1 heterocycles. The summed E-state index contributed by atoms with van der Waals surface area (Å²) in [5.74, 6) is 1.28. The number of phenols is 1. The van der Waals surface area contributed by atoms with E-state index in [0.717, 1.165) is 64.0 Å². The van der Waals surface area contributed by atoms with Gasteiger partial charge in [-0.05, 0) is 36.3 Å². The van der Waals surface area contributed by atoms with Gasteiger partial charge >= 0.3 is 0 Å². The first-order chi connectivity index (χ1) is 14.6. The summed E-state index contributed by atoms with van der Waals surface area (Å²) >= 11 is 0. The Morgan fingerprint density at radius 1 is 0.968 bits per heavy atom. The van der Waals surface area contributed by atoms with E-state index in [9.17, 15) is 5.11 Å². The van der Waals surface area contributed by atoms with Crippen molar-refractivity contribution in [3.05, 3.63) is 59.7 Å². The van der Waals surface area contributed by atoms with Crippen molar-refractivity contribution in [2.75, 3.05) is 51.2 Å². The highest BCUT2D eigenvalue weighted by Gasteiger charge is 2.21. The van der Waals surface area contributed by atoms with Crippen LogP contribution in [0.25, 0.3) is 0 Å². The zero-order valence-corrected chi connectivity index (χ0v) is 21.3. The SMILES string of the molecule is CCN(CC)Cc1ccc(CNC(=NC)N2CCN(c3ccccc3O)CC2)cc1.I. The molecule has 2 aromatic carbocycles. The van der Waals surface area contributed by atoms with Crippen LogP contribution >= 0.6 is 24.0 Å². The second-order valence-electron chi connectivity index (χ2n) is 7.64. The molecule has 7 heteroatoms. The molecule has 0 saturated carbocycles. The highest BCUT2D eigenvalue weighted by atomic mass is 127. The summed E-state index contributed by atoms with van der Waals surface area (Å²) in [6.07, 6.45) is 0. The Kier molecular flexibility index (Phi) is 10.4. The van der Waals surface area contributed by atoms with Crippen LogP contribution in [0.2, 0.25) is 0 Å². The molecule has 0 aliphatic carbocycles. The number of phenolic OH excluding ortho intramolecular Hbond substituents is 1. The van der Waals surface area contributed by atoms with Crippen LogP contribution < -0.4 is 10.2 Å². The summed E-state index contributed by atoms with van der Waals surface area (Å²) in [6.45, 7) is 11.8. The van der Waals surface area contributed by atoms with Crippen LogP contribution in [0.1, 0.15) is 25.0 Å². The number of benzene rings is 2. The van der Waals surface area contributed by atoms with Crippen molar-refractivity contribution in [3.63, 3.8) is 0 Å². The molecule has 0 radical (unpaired) electrons. The molecule has 2 N–H and O–H groups in total. The molecule has 0 amide bonds. The van der Waals surface area contributed by atoms with Crippen molar-refractivity contribution in [2.45, 2.75) is 26.9 Å². The third kappa shape index (κ3) is 7.00. The molecule has 0 bridgehead atoms. The minimum Gasteiger partial charge on any atom is -0.506 e. The van der Waals surface area contributed by atoms with Gasteiger partial charge in [0.05, 0.1) is 5.69 Å². The molecular weight excluding hydrogens is 501 g/mol. The predicted octanol–water partition coefficient (Wildman–Crippen LogP) is 3.75. The van der Waals surface area contributed by atoms with Gasteiger partial charge < -0.3 is 20.2 Å². The van der Waals surface area contributed by atoms with Crippen molar-refractivity contribution < 1.29 is 5.11 Å². The Morgan fingerprint density at radius 2 is 1.58 bits per heavy atom. The van der Waals surface area contributed by atoms with Crippen LogP contribution in [0.15, 0.2) is 53.5 Å². The molecule has 0 aromatic heterocycles. The molecule has 0 atom stereocenters. The zero-order chi connectivity index (χ0) is 21.3. The maximum atomic E-state index is 10.1. The van der Waals surface area contributed by atoms with Crippen molar-refractivity contribution in [3.8, 4) is 5.75 Å². The van der Waals surface area contributed by atoms with Crippen LogP contribution in [0, 0.1) is 0 Å². The Balaban J connectivity index is 0.00000341. The quantitative estimate of drug-likeness (QED) is 0.320. The summed E-state index contributed by atoms with van der Waals surface area (Å²) in [4.78, 5) is 11.4. The molecule has 2 aromatic rings. The molecular formula is C24H36IN5O. The monoisotopic (exact) mass is 537 g/mol. The first kappa shape index (κ1) is 25.3. The number of aromatic hydroxyl groups is 1. The van der Waals surface area contributed by atoms with Gasteiger partial charge in [0.1, 0.15) is 5.75 Å². The van der Waals surface area contributed by atoms with E-state index in [-0.39, 0.29) is 24.0 Å². The van der Waals surface area contributed by atoms with Crippen molar-refractivity contribution in [1.29, 1.82) is 0 Å². The standard InChI is InChI=1S/C24H35N5O.HI/c1-4-27(5-2)19-21-12-10-20(11-13-21)18-26-24(25-3)29-16-14-28(15-17-29)22-8-6-7-9-23(22)30;/h6-13,30H,4-5,14-19H2,1-3H3,(H,25,26);1H. The molecule has 0 spiro atoms. The Labute approximate surface area is 204 Å². The van der Waals surface area contributed by atoms with E-state index in [1.165, 1.54) is 11.1 Å². The van der Waals surface area contributed by atoms with Gasteiger partial charge in [0.15, 0.2) is 5.96 Å². The molecule has 170 valence electrons. The number of para-hydroxylation sites is 2. The van der Waals surface area contributed by atoms with Gasteiger partial charge in [-0.3, -0.25) is 9.89 Å². The predicted molar refractivity (Wildman–Crippen MR) is 141 cm³/mol. The lowest BCUT2D eigenvalue weighted by Gasteiger charge is -2.37. The Morgan fingerprint density at radius 3 is 2.16 bits per heavy atom. The fourth-order valence-corrected chi connectivity index (χ4v) is 3.87. The Hall–Kier alpha value is -2.00. The zero-order valence-electron chi connectivity index (χ0n) is 18.9. The minimum absolute atomic E-state index is 0. The first-order valence-corrected chi connectivity index (χ1v) is 10.9. The fourth-order valence-electron chi connectivity index (χ4n) is 3.87. The summed E-state index contributed by atoms with van der Waals surface area (Å²) in [7, 11) is 1.84. The maximum Gasteiger partial charge on any atom is 0.194 e. The van der Waals surface area contributed by atoms with Crippen LogP contribution in [-0.4, -0.2) is 67.2 Å². The number of halogens is 1. The highest BCUT2D eigenvalue weighted by Crippen LogP contribution is 2.27. The normalized spacial score (nSPS) is 14.5. The molecule has 3 rings (SSSR count). The number of piperazine rings is 1. The van der Waals surface area contributed by atoms with E-state index >= 15 is 0 Å². The second kappa shape index (κ2) is 12.8. The molecule has 1 aliphatic rings. The molecule has 6 nitrogen and oxygen atoms in total. The van der Waals surface area contributed by atoms with E-state index < -0.39 is 0 Å². The van der Waals surface area contributed by atoms with Crippen LogP contribution in [0.3, 0.4) is 0 Å². The Bertz CT molecular complexity index is 815. The van der Waals surface area contributed by atoms with Gasteiger partial charge in [0.25, 0.3) is 0 Å². The van der Waals surface area contributed by atoms with Gasteiger partial charge in [-0.25, -0.2) is 0 Å². The van der Waals surface area contributed by atoms with Crippen LogP contribution in [0.5, 0.6) is 5.75 Å². The van der Waals surface area contributed by atoms with Gasteiger partial charge in [-0.2, -0.15) is 0 Å². The van der Waals surface area contributed by atoms with Gasteiger partial charge in [0.2, 0.25) is 0 Å². The van der Waals surface area contributed by atoms with Gasteiger partial charge in [-0.1, -0.05) is 50.2 Å². The summed E-state index contributed by atoms with van der Waals surface area (Å²) < 4.78 is 0. The largest absolute Gasteiger partial charge is 0.506 e. The number of guanidine groups is 1. The van der Waals surface area contributed by atoms with Gasteiger partial charge in [0, 0.05) is 46.3 Å². The number of aliphatic imine (C=N–C) groups is 1. The number of rotatable bonds is 7. The lowest BCUT2D eigenvalue weighted by atomic mass is 10.1. The van der Waals surface area contributed by atoms with Crippen molar-refractivity contribution in [1.82, 2.24) is 15.1 Å². The third-order valence-corrected chi connectivity index (χ3v) is 5.79. The van der Waals surface area contributed by atoms with E-state index in [1.54, 1.807) is 6.07 Å². The van der Waals surface area contributed by atoms with E-state index in [4.69, 9.17) is 0 Å². The first-order valence-electron chi connectivity index (χ1n) is 10.9. The number of nitrogens with zero attached hydrogens (tertiary/aromatic N) is 4. The number of nitrogens with one attached hydrogen (secondary N) is 1. The smallest absolute Gasteiger partial charge is 0.194 e. The molecule has 1 saturated heterocycles. The van der Waals surface area contributed by atoms with E-state index in [1.807, 2.05) is 25.2 Å². The van der Waals surface area contributed by atoms with Crippen LogP contribution in [0.4, 0.5) is 5.69 Å². The van der Waals surface area contributed by atoms with Crippen molar-refractivity contribution >= 4 is 35.6 Å². The highest BCUT2D eigenvalue weighted by molar-refractivity contribution is 14.0. The van der Waals surface area contributed by atoms with E-state index in [0.29, 0.717) is 5.75 Å². The van der Waals surface area contributed by atoms with Crippen molar-refractivity contribution in [2.24, 2.45) is 4.99 Å². The van der Waals surface area contributed by atoms with Crippen LogP contribution in [-0.2, 0) is 13.1 Å². The summed E-state index contributed by atoms with van der Waals surface area (Å²) in [5, 5.41) is 13.6. The topological polar surface area (TPSA) is 54.3 Å². The maximum absolute atomic E-state index is 10.1.